The molecule has 1 aromatic rings. The Morgan fingerprint density at radius 1 is 1.00 bits per heavy atom. The normalized spacial score (nSPS) is 16.3. The monoisotopic (exact) mass is 373 g/mol. The molecule has 0 radical (unpaired) electrons. The molecule has 0 unspecified atom stereocenters. The lowest BCUT2D eigenvalue weighted by Crippen LogP contribution is -2.50. The summed E-state index contributed by atoms with van der Waals surface area (Å²) < 4.78 is 0. The Bertz CT molecular complexity index is 663. The minimum atomic E-state index is -0.417. The molecule has 5 heteroatoms. The van der Waals surface area contributed by atoms with Crippen LogP contribution in [-0.2, 0) is 11.3 Å². The van der Waals surface area contributed by atoms with Gasteiger partial charge in [0.2, 0.25) is 5.91 Å². The molecule has 1 saturated heterocycles. The number of carbonyl (C=O) groups is 2. The molecule has 1 aromatic carbocycles. The summed E-state index contributed by atoms with van der Waals surface area (Å²) in [6.45, 7) is 17.3. The summed E-state index contributed by atoms with van der Waals surface area (Å²) >= 11 is 0. The Labute approximate surface area is 164 Å². The molecule has 0 atom stereocenters. The van der Waals surface area contributed by atoms with Gasteiger partial charge in [0.05, 0.1) is 0 Å². The summed E-state index contributed by atoms with van der Waals surface area (Å²) in [6, 6.07) is 7.59. The summed E-state index contributed by atoms with van der Waals surface area (Å²) in [5.74, 6) is 0.0867. The van der Waals surface area contributed by atoms with Gasteiger partial charge in [-0.25, -0.2) is 0 Å². The van der Waals surface area contributed by atoms with Crippen LogP contribution in [-0.4, -0.2) is 54.3 Å². The van der Waals surface area contributed by atoms with E-state index in [-0.39, 0.29) is 17.2 Å². The van der Waals surface area contributed by atoms with Crippen molar-refractivity contribution in [3.63, 3.8) is 0 Å². The Balaban J connectivity index is 1.93. The van der Waals surface area contributed by atoms with Gasteiger partial charge in [-0.3, -0.25) is 14.5 Å². The predicted octanol–water partition coefficient (Wildman–Crippen LogP) is 3.15. The molecule has 0 aliphatic carbocycles. The van der Waals surface area contributed by atoms with E-state index in [1.54, 1.807) is 0 Å². The van der Waals surface area contributed by atoms with E-state index in [2.05, 4.69) is 31.0 Å². The largest absolute Gasteiger partial charge is 0.352 e. The Morgan fingerprint density at radius 2 is 1.63 bits per heavy atom. The van der Waals surface area contributed by atoms with Gasteiger partial charge in [-0.05, 0) is 23.1 Å². The smallest absolute Gasteiger partial charge is 0.253 e. The van der Waals surface area contributed by atoms with Crippen molar-refractivity contribution in [2.45, 2.75) is 48.1 Å². The van der Waals surface area contributed by atoms with Crippen LogP contribution in [0.3, 0.4) is 0 Å². The Kier molecular flexibility index (Phi) is 6.68. The topological polar surface area (TPSA) is 52.6 Å². The average molecular weight is 374 g/mol. The van der Waals surface area contributed by atoms with Crippen LogP contribution in [0, 0.1) is 10.8 Å². The zero-order chi connectivity index (χ0) is 20.2. The number of piperazine rings is 1. The van der Waals surface area contributed by atoms with Gasteiger partial charge in [-0.15, -0.1) is 0 Å². The number of nitrogens with zero attached hydrogens (tertiary/aromatic N) is 2. The van der Waals surface area contributed by atoms with Crippen LogP contribution in [0.25, 0.3) is 0 Å². The number of amides is 2. The lowest BCUT2D eigenvalue weighted by atomic mass is 9.95. The number of hydrogen-bond donors (Lipinski definition) is 1. The second-order valence-electron chi connectivity index (χ2n) is 9.76. The molecule has 1 aliphatic heterocycles. The van der Waals surface area contributed by atoms with Crippen LogP contribution < -0.4 is 5.32 Å². The average Bonchev–Trinajstić information content (AvgIpc) is 2.57. The van der Waals surface area contributed by atoms with Gasteiger partial charge in [0.25, 0.3) is 5.91 Å². The van der Waals surface area contributed by atoms with Crippen molar-refractivity contribution in [2.24, 2.45) is 10.8 Å². The first-order chi connectivity index (χ1) is 12.5. The third-order valence-electron chi connectivity index (χ3n) is 4.67. The minimum Gasteiger partial charge on any atom is -0.352 e. The van der Waals surface area contributed by atoms with Crippen molar-refractivity contribution in [1.82, 2.24) is 15.1 Å². The second kappa shape index (κ2) is 8.42. The minimum absolute atomic E-state index is 0.00852. The fraction of sp³-hybridized carbons (Fsp3) is 0.636. The SMILES string of the molecule is CC(C)(C)CN1CCN(C(=O)c2cccc(CNC(=O)C(C)(C)C)c2)CC1. The van der Waals surface area contributed by atoms with E-state index < -0.39 is 5.41 Å². The highest BCUT2D eigenvalue weighted by molar-refractivity contribution is 5.94. The van der Waals surface area contributed by atoms with Gasteiger partial charge < -0.3 is 10.2 Å². The quantitative estimate of drug-likeness (QED) is 0.882. The first-order valence-corrected chi connectivity index (χ1v) is 9.85. The van der Waals surface area contributed by atoms with Crippen molar-refractivity contribution in [3.8, 4) is 0 Å². The van der Waals surface area contributed by atoms with Crippen LogP contribution in [0.5, 0.6) is 0 Å². The number of nitrogens with one attached hydrogen (secondary N) is 1. The molecule has 0 saturated carbocycles. The summed E-state index contributed by atoms with van der Waals surface area (Å²) in [5.41, 5.74) is 1.50. The van der Waals surface area contributed by atoms with Crippen LogP contribution in [0.15, 0.2) is 24.3 Å². The van der Waals surface area contributed by atoms with Gasteiger partial charge in [-0.2, -0.15) is 0 Å². The molecule has 27 heavy (non-hydrogen) atoms. The fourth-order valence-corrected chi connectivity index (χ4v) is 3.22. The van der Waals surface area contributed by atoms with E-state index in [0.29, 0.717) is 12.1 Å². The lowest BCUT2D eigenvalue weighted by Gasteiger charge is -2.37. The summed E-state index contributed by atoms with van der Waals surface area (Å²) in [7, 11) is 0. The molecular weight excluding hydrogens is 338 g/mol. The van der Waals surface area contributed by atoms with Crippen LogP contribution in [0.1, 0.15) is 57.5 Å². The maximum absolute atomic E-state index is 12.9. The lowest BCUT2D eigenvalue weighted by molar-refractivity contribution is -0.128. The van der Waals surface area contributed by atoms with E-state index in [1.165, 1.54) is 0 Å². The maximum Gasteiger partial charge on any atom is 0.253 e. The van der Waals surface area contributed by atoms with E-state index in [0.717, 1.165) is 38.3 Å². The van der Waals surface area contributed by atoms with Crippen molar-refractivity contribution in [2.75, 3.05) is 32.7 Å². The molecule has 0 bridgehead atoms. The second-order valence-corrected chi connectivity index (χ2v) is 9.76. The fourth-order valence-electron chi connectivity index (χ4n) is 3.22. The van der Waals surface area contributed by atoms with Crippen molar-refractivity contribution >= 4 is 11.8 Å². The Morgan fingerprint density at radius 3 is 2.19 bits per heavy atom. The molecule has 2 rings (SSSR count). The third kappa shape index (κ3) is 6.65. The van der Waals surface area contributed by atoms with Gasteiger partial charge >= 0.3 is 0 Å². The zero-order valence-electron chi connectivity index (χ0n) is 17.8. The molecule has 1 aliphatic rings. The molecular formula is C22H35N3O2. The highest BCUT2D eigenvalue weighted by Crippen LogP contribution is 2.18. The van der Waals surface area contributed by atoms with Crippen molar-refractivity contribution in [3.05, 3.63) is 35.4 Å². The third-order valence-corrected chi connectivity index (χ3v) is 4.67. The Hall–Kier alpha value is -1.88. The molecule has 1 N–H and O–H groups in total. The van der Waals surface area contributed by atoms with Gasteiger partial charge in [0.1, 0.15) is 0 Å². The van der Waals surface area contributed by atoms with Crippen LogP contribution >= 0.6 is 0 Å². The molecule has 150 valence electrons. The molecule has 0 aromatic heterocycles. The molecule has 1 fully saturated rings. The molecule has 5 nitrogen and oxygen atoms in total. The highest BCUT2D eigenvalue weighted by Gasteiger charge is 2.25. The first kappa shape index (κ1) is 21.4. The first-order valence-electron chi connectivity index (χ1n) is 9.85. The highest BCUT2D eigenvalue weighted by atomic mass is 16.2. The molecule has 0 spiro atoms. The zero-order valence-corrected chi connectivity index (χ0v) is 17.8. The predicted molar refractivity (Wildman–Crippen MR) is 110 cm³/mol. The van der Waals surface area contributed by atoms with E-state index in [9.17, 15) is 9.59 Å². The summed E-state index contributed by atoms with van der Waals surface area (Å²) in [4.78, 5) is 29.3. The van der Waals surface area contributed by atoms with E-state index >= 15 is 0 Å². The van der Waals surface area contributed by atoms with E-state index in [1.807, 2.05) is 49.9 Å². The van der Waals surface area contributed by atoms with Crippen molar-refractivity contribution in [1.29, 1.82) is 0 Å². The van der Waals surface area contributed by atoms with Gasteiger partial charge in [-0.1, -0.05) is 53.7 Å². The number of benzene rings is 1. The summed E-state index contributed by atoms with van der Waals surface area (Å²) in [5, 5.41) is 2.94. The van der Waals surface area contributed by atoms with Crippen LogP contribution in [0.2, 0.25) is 0 Å². The van der Waals surface area contributed by atoms with Crippen molar-refractivity contribution < 1.29 is 9.59 Å². The molecule has 2 amide bonds. The molecule has 1 heterocycles. The van der Waals surface area contributed by atoms with E-state index in [4.69, 9.17) is 0 Å². The number of carbonyl (C=O) groups excluding carboxylic acids is 2. The number of hydrogen-bond acceptors (Lipinski definition) is 3. The maximum atomic E-state index is 12.9. The summed E-state index contributed by atoms with van der Waals surface area (Å²) in [6.07, 6.45) is 0. The van der Waals surface area contributed by atoms with Crippen LogP contribution in [0.4, 0.5) is 0 Å². The van der Waals surface area contributed by atoms with Gasteiger partial charge in [0.15, 0.2) is 0 Å². The number of rotatable bonds is 4. The standard InChI is InChI=1S/C22H35N3O2/c1-21(2,3)16-24-10-12-25(13-11-24)19(26)18-9-7-8-17(14-18)15-23-20(27)22(4,5)6/h7-9,14H,10-13,15-16H2,1-6H3,(H,23,27). The van der Waals surface area contributed by atoms with Gasteiger partial charge in [0, 0.05) is 50.2 Å².